The van der Waals surface area contributed by atoms with Crippen molar-refractivity contribution in [3.8, 4) is 0 Å². The normalized spacial score (nSPS) is 29.2. The molecule has 1 aliphatic heterocycles. The molecule has 2 heterocycles. The molecule has 0 spiro atoms. The molecule has 1 aromatic rings. The monoisotopic (exact) mass is 344 g/mol. The summed E-state index contributed by atoms with van der Waals surface area (Å²) in [6.45, 7) is 10.3. The van der Waals surface area contributed by atoms with Crippen LogP contribution in [0.5, 0.6) is 0 Å². The van der Waals surface area contributed by atoms with Crippen LogP contribution >= 0.6 is 0 Å². The van der Waals surface area contributed by atoms with Gasteiger partial charge in [-0.05, 0) is 37.3 Å². The van der Waals surface area contributed by atoms with Gasteiger partial charge in [-0.15, -0.1) is 0 Å². The van der Waals surface area contributed by atoms with Gasteiger partial charge in [0.15, 0.2) is 0 Å². The van der Waals surface area contributed by atoms with Crippen molar-refractivity contribution in [2.45, 2.75) is 52.1 Å². The zero-order chi connectivity index (χ0) is 17.8. The summed E-state index contributed by atoms with van der Waals surface area (Å²) < 4.78 is 0. The van der Waals surface area contributed by atoms with Crippen LogP contribution in [0, 0.1) is 11.8 Å². The van der Waals surface area contributed by atoms with Crippen molar-refractivity contribution in [1.29, 1.82) is 0 Å². The van der Waals surface area contributed by atoms with Gasteiger partial charge in [0.1, 0.15) is 5.82 Å². The van der Waals surface area contributed by atoms with Crippen LogP contribution in [0.15, 0.2) is 24.4 Å². The molecule has 5 nitrogen and oxygen atoms in total. The largest absolute Gasteiger partial charge is 0.354 e. The topological polar surface area (TPSA) is 48.5 Å². The number of carbonyl (C=O) groups excluding carboxylic acids is 1. The molecule has 2 aliphatic rings. The highest BCUT2D eigenvalue weighted by atomic mass is 16.2. The number of nitrogens with one attached hydrogen (secondary N) is 1. The third-order valence-electron chi connectivity index (χ3n) is 6.25. The maximum atomic E-state index is 12.7. The number of amides is 1. The van der Waals surface area contributed by atoms with Crippen LogP contribution in [0.1, 0.15) is 40.0 Å². The van der Waals surface area contributed by atoms with Crippen LogP contribution in [-0.2, 0) is 4.79 Å². The van der Waals surface area contributed by atoms with Gasteiger partial charge in [-0.2, -0.15) is 0 Å². The number of nitrogens with zero attached hydrogens (tertiary/aromatic N) is 3. The molecule has 138 valence electrons. The van der Waals surface area contributed by atoms with E-state index in [1.165, 1.54) is 12.8 Å². The zero-order valence-electron chi connectivity index (χ0n) is 15.8. The summed E-state index contributed by atoms with van der Waals surface area (Å²) >= 11 is 0. The SMILES string of the molecule is C[C@@H]1[C@H](C)CCC[C@@H]1NC(=O)[C@@H](C)N1CCN(c2ccccn2)CC1. The summed E-state index contributed by atoms with van der Waals surface area (Å²) in [5.41, 5.74) is 0. The first kappa shape index (κ1) is 18.2. The summed E-state index contributed by atoms with van der Waals surface area (Å²) in [4.78, 5) is 21.8. The maximum absolute atomic E-state index is 12.7. The molecule has 2 fully saturated rings. The number of pyridine rings is 1. The molecule has 1 saturated heterocycles. The molecule has 0 bridgehead atoms. The number of aromatic nitrogens is 1. The highest BCUT2D eigenvalue weighted by molar-refractivity contribution is 5.81. The van der Waals surface area contributed by atoms with Gasteiger partial charge in [-0.3, -0.25) is 9.69 Å². The molecule has 25 heavy (non-hydrogen) atoms. The van der Waals surface area contributed by atoms with Gasteiger partial charge in [0.2, 0.25) is 5.91 Å². The summed E-state index contributed by atoms with van der Waals surface area (Å²) in [5.74, 6) is 2.50. The molecule has 1 amide bonds. The predicted molar refractivity (Wildman–Crippen MR) is 102 cm³/mol. The minimum Gasteiger partial charge on any atom is -0.354 e. The predicted octanol–water partition coefficient (Wildman–Crippen LogP) is 2.53. The summed E-state index contributed by atoms with van der Waals surface area (Å²) in [6.07, 6.45) is 5.48. The fourth-order valence-electron chi connectivity index (χ4n) is 4.13. The Labute approximate surface area is 151 Å². The van der Waals surface area contributed by atoms with E-state index in [-0.39, 0.29) is 11.9 Å². The molecule has 1 saturated carbocycles. The molecular weight excluding hydrogens is 312 g/mol. The first-order chi connectivity index (χ1) is 12.1. The minimum atomic E-state index is -0.0599. The Morgan fingerprint density at radius 1 is 1.20 bits per heavy atom. The number of rotatable bonds is 4. The lowest BCUT2D eigenvalue weighted by Gasteiger charge is -2.39. The highest BCUT2D eigenvalue weighted by Crippen LogP contribution is 2.29. The first-order valence-electron chi connectivity index (χ1n) is 9.76. The third kappa shape index (κ3) is 4.32. The van der Waals surface area contributed by atoms with E-state index in [9.17, 15) is 4.79 Å². The molecule has 1 aromatic heterocycles. The number of piperazine rings is 1. The average Bonchev–Trinajstić information content (AvgIpc) is 2.65. The van der Waals surface area contributed by atoms with Crippen molar-refractivity contribution in [1.82, 2.24) is 15.2 Å². The van der Waals surface area contributed by atoms with E-state index in [4.69, 9.17) is 0 Å². The van der Waals surface area contributed by atoms with Crippen molar-refractivity contribution in [2.24, 2.45) is 11.8 Å². The Balaban J connectivity index is 1.50. The number of hydrogen-bond donors (Lipinski definition) is 1. The summed E-state index contributed by atoms with van der Waals surface area (Å²) in [5, 5.41) is 3.33. The molecule has 5 heteroatoms. The Morgan fingerprint density at radius 3 is 2.64 bits per heavy atom. The second-order valence-corrected chi connectivity index (χ2v) is 7.77. The second kappa shape index (κ2) is 8.17. The smallest absolute Gasteiger partial charge is 0.237 e. The fraction of sp³-hybridized carbons (Fsp3) is 0.700. The van der Waals surface area contributed by atoms with Gasteiger partial charge in [0, 0.05) is 38.4 Å². The lowest BCUT2D eigenvalue weighted by atomic mass is 9.78. The van der Waals surface area contributed by atoms with E-state index in [1.807, 2.05) is 25.3 Å². The standard InChI is InChI=1S/C20H32N4O/c1-15-7-6-8-18(16(15)2)22-20(25)17(3)23-11-13-24(14-12-23)19-9-4-5-10-21-19/h4-5,9-10,15-18H,6-8,11-14H2,1-3H3,(H,22,25)/t15-,16-,17-,18+/m1/s1. The van der Waals surface area contributed by atoms with E-state index in [2.05, 4.69) is 40.0 Å². The molecule has 0 aromatic carbocycles. The van der Waals surface area contributed by atoms with Crippen molar-refractivity contribution in [3.05, 3.63) is 24.4 Å². The summed E-state index contributed by atoms with van der Waals surface area (Å²) in [7, 11) is 0. The van der Waals surface area contributed by atoms with Gasteiger partial charge < -0.3 is 10.2 Å². The molecule has 1 N–H and O–H groups in total. The number of hydrogen-bond acceptors (Lipinski definition) is 4. The van der Waals surface area contributed by atoms with Crippen molar-refractivity contribution in [2.75, 3.05) is 31.1 Å². The van der Waals surface area contributed by atoms with Crippen molar-refractivity contribution >= 4 is 11.7 Å². The van der Waals surface area contributed by atoms with Gasteiger partial charge in [-0.25, -0.2) is 4.98 Å². The van der Waals surface area contributed by atoms with E-state index < -0.39 is 0 Å². The Kier molecular flexibility index (Phi) is 5.94. The fourth-order valence-corrected chi connectivity index (χ4v) is 4.13. The van der Waals surface area contributed by atoms with E-state index >= 15 is 0 Å². The van der Waals surface area contributed by atoms with Crippen molar-refractivity contribution in [3.63, 3.8) is 0 Å². The maximum Gasteiger partial charge on any atom is 0.237 e. The van der Waals surface area contributed by atoms with Crippen LogP contribution < -0.4 is 10.2 Å². The molecule has 1 aliphatic carbocycles. The van der Waals surface area contributed by atoms with Crippen molar-refractivity contribution < 1.29 is 4.79 Å². The van der Waals surface area contributed by atoms with Gasteiger partial charge >= 0.3 is 0 Å². The molecule has 0 radical (unpaired) electrons. The van der Waals surface area contributed by atoms with Crippen LogP contribution in [0.3, 0.4) is 0 Å². The van der Waals surface area contributed by atoms with Crippen LogP contribution in [0.25, 0.3) is 0 Å². The molecular formula is C20H32N4O. The average molecular weight is 345 g/mol. The Bertz CT molecular complexity index is 556. The summed E-state index contributed by atoms with van der Waals surface area (Å²) in [6, 6.07) is 6.30. The third-order valence-corrected chi connectivity index (χ3v) is 6.25. The van der Waals surface area contributed by atoms with E-state index in [0.29, 0.717) is 17.9 Å². The van der Waals surface area contributed by atoms with Gasteiger partial charge in [-0.1, -0.05) is 32.8 Å². The molecule has 4 atom stereocenters. The lowest BCUT2D eigenvalue weighted by Crippen LogP contribution is -2.56. The first-order valence-corrected chi connectivity index (χ1v) is 9.76. The molecule has 0 unspecified atom stereocenters. The van der Waals surface area contributed by atoms with Crippen LogP contribution in [-0.4, -0.2) is 54.1 Å². The highest BCUT2D eigenvalue weighted by Gasteiger charge is 2.31. The molecule has 3 rings (SSSR count). The lowest BCUT2D eigenvalue weighted by molar-refractivity contribution is -0.127. The quantitative estimate of drug-likeness (QED) is 0.912. The second-order valence-electron chi connectivity index (χ2n) is 7.77. The van der Waals surface area contributed by atoms with Gasteiger partial charge in [0.25, 0.3) is 0 Å². The van der Waals surface area contributed by atoms with Gasteiger partial charge in [0.05, 0.1) is 6.04 Å². The van der Waals surface area contributed by atoms with E-state index in [1.54, 1.807) is 0 Å². The van der Waals surface area contributed by atoms with Crippen LogP contribution in [0.2, 0.25) is 0 Å². The minimum absolute atomic E-state index is 0.0599. The number of carbonyl (C=O) groups is 1. The Morgan fingerprint density at radius 2 is 1.96 bits per heavy atom. The van der Waals surface area contributed by atoms with E-state index in [0.717, 1.165) is 38.4 Å². The van der Waals surface area contributed by atoms with Crippen LogP contribution in [0.4, 0.5) is 5.82 Å². The number of anilines is 1. The Hall–Kier alpha value is -1.62. The zero-order valence-corrected chi connectivity index (χ0v) is 15.8.